The number of benzene rings is 1. The number of carbonyl (C=O) groups is 1. The van der Waals surface area contributed by atoms with E-state index in [2.05, 4.69) is 4.98 Å². The molecule has 0 atom stereocenters. The molecule has 0 spiro atoms. The third kappa shape index (κ3) is 2.24. The summed E-state index contributed by atoms with van der Waals surface area (Å²) in [6, 6.07) is 7.48. The first kappa shape index (κ1) is 11.9. The first-order valence-electron chi connectivity index (χ1n) is 5.36. The molecule has 1 heterocycles. The molecular formula is C13H12ClNO2. The minimum Gasteiger partial charge on any atom is -0.461 e. The topological polar surface area (TPSA) is 39.2 Å². The summed E-state index contributed by atoms with van der Waals surface area (Å²) in [5.74, 6) is -0.446. The Morgan fingerprint density at radius 1 is 1.47 bits per heavy atom. The lowest BCUT2D eigenvalue weighted by Crippen LogP contribution is -2.07. The van der Waals surface area contributed by atoms with Crippen molar-refractivity contribution in [1.82, 2.24) is 4.98 Å². The number of esters is 1. The third-order valence-electron chi connectivity index (χ3n) is 2.51. The molecule has 0 radical (unpaired) electrons. The average Bonchev–Trinajstić information content (AvgIpc) is 2.29. The predicted octanol–water partition coefficient (Wildman–Crippen LogP) is 3.37. The lowest BCUT2D eigenvalue weighted by molar-refractivity contribution is 0.0520. The number of rotatable bonds is 2. The maximum Gasteiger partial charge on any atom is 0.356 e. The molecule has 4 heteroatoms. The zero-order chi connectivity index (χ0) is 12.4. The molecule has 0 bridgehead atoms. The van der Waals surface area contributed by atoms with Crippen molar-refractivity contribution in [3.8, 4) is 0 Å². The normalized spacial score (nSPS) is 10.5. The Morgan fingerprint density at radius 3 is 2.94 bits per heavy atom. The number of hydrogen-bond donors (Lipinski definition) is 0. The van der Waals surface area contributed by atoms with Crippen LogP contribution in [0.3, 0.4) is 0 Å². The van der Waals surface area contributed by atoms with E-state index in [4.69, 9.17) is 16.3 Å². The first-order chi connectivity index (χ1) is 8.13. The van der Waals surface area contributed by atoms with Crippen LogP contribution in [0.15, 0.2) is 24.3 Å². The van der Waals surface area contributed by atoms with Gasteiger partial charge in [0.25, 0.3) is 0 Å². The standard InChI is InChI=1S/C13H12ClNO2/c1-3-17-13(16)10-7-9-6-4-5-8(2)11(9)12(14)15-10/h4-7H,3H2,1-2H3. The Bertz CT molecular complexity index is 581. The largest absolute Gasteiger partial charge is 0.461 e. The molecule has 1 aromatic heterocycles. The summed E-state index contributed by atoms with van der Waals surface area (Å²) in [4.78, 5) is 15.7. The number of halogens is 1. The van der Waals surface area contributed by atoms with Gasteiger partial charge in [-0.15, -0.1) is 0 Å². The summed E-state index contributed by atoms with van der Waals surface area (Å²) in [5.41, 5.74) is 1.28. The lowest BCUT2D eigenvalue weighted by Gasteiger charge is -2.06. The highest BCUT2D eigenvalue weighted by Gasteiger charge is 2.12. The maximum absolute atomic E-state index is 11.6. The van der Waals surface area contributed by atoms with Gasteiger partial charge in [0.2, 0.25) is 0 Å². The Hall–Kier alpha value is -1.61. The van der Waals surface area contributed by atoms with Gasteiger partial charge in [-0.3, -0.25) is 0 Å². The molecule has 1 aromatic carbocycles. The van der Waals surface area contributed by atoms with Crippen LogP contribution in [0, 0.1) is 6.92 Å². The van der Waals surface area contributed by atoms with E-state index in [0.717, 1.165) is 16.3 Å². The molecule has 2 aromatic rings. The van der Waals surface area contributed by atoms with Crippen LogP contribution in [0.4, 0.5) is 0 Å². The molecule has 0 aliphatic rings. The second-order valence-electron chi connectivity index (χ2n) is 3.69. The number of ether oxygens (including phenoxy) is 1. The Balaban J connectivity index is 2.60. The summed E-state index contributed by atoms with van der Waals surface area (Å²) in [6.45, 7) is 4.04. The van der Waals surface area contributed by atoms with Crippen molar-refractivity contribution in [1.29, 1.82) is 0 Å². The zero-order valence-electron chi connectivity index (χ0n) is 9.66. The van der Waals surface area contributed by atoms with Crippen molar-refractivity contribution in [3.63, 3.8) is 0 Å². The first-order valence-corrected chi connectivity index (χ1v) is 5.74. The van der Waals surface area contributed by atoms with Crippen molar-refractivity contribution in [3.05, 3.63) is 40.7 Å². The monoisotopic (exact) mass is 249 g/mol. The quantitative estimate of drug-likeness (QED) is 0.605. The fraction of sp³-hybridized carbons (Fsp3) is 0.231. The summed E-state index contributed by atoms with van der Waals surface area (Å²) < 4.78 is 4.90. The van der Waals surface area contributed by atoms with E-state index in [1.807, 2.05) is 25.1 Å². The van der Waals surface area contributed by atoms with E-state index in [9.17, 15) is 4.79 Å². The number of aromatic nitrogens is 1. The molecule has 0 saturated carbocycles. The number of pyridine rings is 1. The van der Waals surface area contributed by atoms with Gasteiger partial charge in [-0.05, 0) is 30.9 Å². The minimum absolute atomic E-state index is 0.245. The van der Waals surface area contributed by atoms with Gasteiger partial charge in [0, 0.05) is 5.39 Å². The van der Waals surface area contributed by atoms with Crippen molar-refractivity contribution < 1.29 is 9.53 Å². The van der Waals surface area contributed by atoms with Crippen LogP contribution in [0.1, 0.15) is 23.0 Å². The van der Waals surface area contributed by atoms with Gasteiger partial charge in [-0.2, -0.15) is 0 Å². The van der Waals surface area contributed by atoms with Crippen molar-refractivity contribution in [2.75, 3.05) is 6.61 Å². The van der Waals surface area contributed by atoms with Crippen LogP contribution in [-0.2, 0) is 4.74 Å². The molecule has 88 valence electrons. The molecule has 0 fully saturated rings. The highest BCUT2D eigenvalue weighted by Crippen LogP contribution is 2.25. The SMILES string of the molecule is CCOC(=O)c1cc2cccc(C)c2c(Cl)n1. The number of fused-ring (bicyclic) bond motifs is 1. The van der Waals surface area contributed by atoms with Gasteiger partial charge < -0.3 is 4.74 Å². The van der Waals surface area contributed by atoms with Gasteiger partial charge >= 0.3 is 5.97 Å². The van der Waals surface area contributed by atoms with Crippen LogP contribution in [0.2, 0.25) is 5.15 Å². The van der Waals surface area contributed by atoms with Crippen LogP contribution in [0.5, 0.6) is 0 Å². The molecular weight excluding hydrogens is 238 g/mol. The molecule has 0 saturated heterocycles. The summed E-state index contributed by atoms with van der Waals surface area (Å²) in [5, 5.41) is 2.11. The van der Waals surface area contributed by atoms with Gasteiger partial charge in [-0.25, -0.2) is 9.78 Å². The maximum atomic E-state index is 11.6. The van der Waals surface area contributed by atoms with Crippen LogP contribution < -0.4 is 0 Å². The van der Waals surface area contributed by atoms with Crippen molar-refractivity contribution in [2.24, 2.45) is 0 Å². The van der Waals surface area contributed by atoms with E-state index >= 15 is 0 Å². The Labute approximate surface area is 104 Å². The van der Waals surface area contributed by atoms with Gasteiger partial charge in [0.1, 0.15) is 5.15 Å². The highest BCUT2D eigenvalue weighted by atomic mass is 35.5. The zero-order valence-corrected chi connectivity index (χ0v) is 10.4. The lowest BCUT2D eigenvalue weighted by atomic mass is 10.1. The molecule has 0 N–H and O–H groups in total. The third-order valence-corrected chi connectivity index (χ3v) is 2.78. The predicted molar refractivity (Wildman–Crippen MR) is 67.4 cm³/mol. The van der Waals surface area contributed by atoms with Gasteiger partial charge in [-0.1, -0.05) is 29.8 Å². The minimum atomic E-state index is -0.446. The fourth-order valence-corrected chi connectivity index (χ4v) is 2.09. The van der Waals surface area contributed by atoms with Crippen LogP contribution in [0.25, 0.3) is 10.8 Å². The second kappa shape index (κ2) is 4.72. The smallest absolute Gasteiger partial charge is 0.356 e. The Morgan fingerprint density at radius 2 is 2.24 bits per heavy atom. The number of hydrogen-bond acceptors (Lipinski definition) is 3. The number of nitrogens with zero attached hydrogens (tertiary/aromatic N) is 1. The number of carbonyl (C=O) groups excluding carboxylic acids is 1. The van der Waals surface area contributed by atoms with E-state index in [0.29, 0.717) is 11.8 Å². The number of aryl methyl sites for hydroxylation is 1. The Kier molecular flexibility index (Phi) is 3.29. The van der Waals surface area contributed by atoms with Crippen LogP contribution >= 0.6 is 11.6 Å². The highest BCUT2D eigenvalue weighted by molar-refractivity contribution is 6.34. The van der Waals surface area contributed by atoms with Gasteiger partial charge in [0.15, 0.2) is 5.69 Å². The average molecular weight is 250 g/mol. The van der Waals surface area contributed by atoms with E-state index in [1.165, 1.54) is 0 Å². The van der Waals surface area contributed by atoms with E-state index < -0.39 is 5.97 Å². The molecule has 0 aliphatic heterocycles. The second-order valence-corrected chi connectivity index (χ2v) is 4.05. The summed E-state index contributed by atoms with van der Waals surface area (Å²) in [7, 11) is 0. The summed E-state index contributed by atoms with van der Waals surface area (Å²) in [6.07, 6.45) is 0. The van der Waals surface area contributed by atoms with E-state index in [-0.39, 0.29) is 5.69 Å². The molecule has 2 rings (SSSR count). The summed E-state index contributed by atoms with van der Waals surface area (Å²) >= 11 is 6.09. The molecule has 0 amide bonds. The fourth-order valence-electron chi connectivity index (χ4n) is 1.74. The van der Waals surface area contributed by atoms with Crippen LogP contribution in [-0.4, -0.2) is 17.6 Å². The molecule has 17 heavy (non-hydrogen) atoms. The molecule has 0 unspecified atom stereocenters. The molecule has 0 aliphatic carbocycles. The van der Waals surface area contributed by atoms with Crippen molar-refractivity contribution in [2.45, 2.75) is 13.8 Å². The van der Waals surface area contributed by atoms with Gasteiger partial charge in [0.05, 0.1) is 6.61 Å². The van der Waals surface area contributed by atoms with E-state index in [1.54, 1.807) is 13.0 Å². The molecule has 3 nitrogen and oxygen atoms in total. The van der Waals surface area contributed by atoms with Crippen molar-refractivity contribution >= 4 is 28.3 Å².